The van der Waals surface area contributed by atoms with E-state index in [-0.39, 0.29) is 0 Å². The number of nitrogens with zero attached hydrogens (tertiary/aromatic N) is 4. The van der Waals surface area contributed by atoms with Crippen molar-refractivity contribution >= 4 is 32.8 Å². The number of aromatic nitrogens is 4. The summed E-state index contributed by atoms with van der Waals surface area (Å²) in [5.74, 6) is 1.87. The highest BCUT2D eigenvalue weighted by molar-refractivity contribution is 6.10. The highest BCUT2D eigenvalue weighted by Gasteiger charge is 2.22. The lowest BCUT2D eigenvalue weighted by Crippen LogP contribution is -2.32. The third kappa shape index (κ3) is 4.25. The SMILES string of the molecule is Cc1ccc2c(oc3cc(-c4nc(-c5ccccc5)nc(-c5ccccc5)n4)ccc32)c1-c1ccc2ccccc2[n+]1C. The quantitative estimate of drug-likeness (QED) is 0.204. The Bertz CT molecular complexity index is 2250. The predicted octanol–water partition coefficient (Wildman–Crippen LogP) is 8.73. The molecule has 0 amide bonds. The molecule has 3 aromatic heterocycles. The molecule has 204 valence electrons. The van der Waals surface area contributed by atoms with Gasteiger partial charge in [0.1, 0.15) is 18.2 Å². The van der Waals surface area contributed by atoms with Crippen LogP contribution in [0.2, 0.25) is 0 Å². The maximum absolute atomic E-state index is 6.69. The lowest BCUT2D eigenvalue weighted by molar-refractivity contribution is -0.633. The summed E-state index contributed by atoms with van der Waals surface area (Å²) in [6.45, 7) is 2.14. The topological polar surface area (TPSA) is 55.7 Å². The third-order valence-electron chi connectivity index (χ3n) is 8.14. The molecular weight excluding hydrogens is 528 g/mol. The van der Waals surface area contributed by atoms with Crippen molar-refractivity contribution in [3.05, 3.63) is 133 Å². The summed E-state index contributed by atoms with van der Waals surface area (Å²) in [6, 6.07) is 43.4. The fourth-order valence-electron chi connectivity index (χ4n) is 5.93. The van der Waals surface area contributed by atoms with Crippen LogP contribution in [0.25, 0.3) is 78.3 Å². The van der Waals surface area contributed by atoms with Gasteiger partial charge in [-0.15, -0.1) is 0 Å². The van der Waals surface area contributed by atoms with Crippen molar-refractivity contribution in [1.29, 1.82) is 0 Å². The standard InChI is InChI=1S/C38H27N4O/c1-24-17-20-30-29-21-18-28(23-33(29)43-35(30)34(24)32-22-19-25-11-9-10-16-31(25)42(32)2)38-40-36(26-12-5-3-6-13-26)39-37(41-38)27-14-7-4-8-15-27/h3-23H,1-2H3/q+1. The summed E-state index contributed by atoms with van der Waals surface area (Å²) in [5, 5.41) is 3.35. The minimum absolute atomic E-state index is 0.604. The van der Waals surface area contributed by atoms with E-state index in [1.807, 2.05) is 66.7 Å². The Labute approximate surface area is 248 Å². The molecule has 5 aromatic carbocycles. The van der Waals surface area contributed by atoms with Crippen molar-refractivity contribution in [2.24, 2.45) is 7.05 Å². The van der Waals surface area contributed by atoms with Gasteiger partial charge in [-0.2, -0.15) is 4.57 Å². The molecule has 0 saturated carbocycles. The Morgan fingerprint density at radius 3 is 1.86 bits per heavy atom. The normalized spacial score (nSPS) is 11.5. The molecule has 8 aromatic rings. The largest absolute Gasteiger partial charge is 0.455 e. The summed E-state index contributed by atoms with van der Waals surface area (Å²) in [5.41, 5.74) is 8.98. The van der Waals surface area contributed by atoms with Crippen LogP contribution in [0.1, 0.15) is 5.56 Å². The number of furan rings is 1. The second-order valence-corrected chi connectivity index (χ2v) is 10.8. The maximum Gasteiger partial charge on any atom is 0.216 e. The van der Waals surface area contributed by atoms with Crippen molar-refractivity contribution in [2.45, 2.75) is 6.92 Å². The van der Waals surface area contributed by atoms with Gasteiger partial charge in [0.05, 0.1) is 5.56 Å². The van der Waals surface area contributed by atoms with Gasteiger partial charge in [-0.25, -0.2) is 15.0 Å². The van der Waals surface area contributed by atoms with Crippen LogP contribution in [0, 0.1) is 6.92 Å². The van der Waals surface area contributed by atoms with Gasteiger partial charge in [0.2, 0.25) is 11.2 Å². The van der Waals surface area contributed by atoms with E-state index < -0.39 is 0 Å². The average Bonchev–Trinajstić information content (AvgIpc) is 3.44. The lowest BCUT2D eigenvalue weighted by atomic mass is 9.99. The summed E-state index contributed by atoms with van der Waals surface area (Å²) in [4.78, 5) is 14.7. The van der Waals surface area contributed by atoms with Crippen LogP contribution in [-0.2, 0) is 7.05 Å². The van der Waals surface area contributed by atoms with E-state index in [9.17, 15) is 0 Å². The Balaban J connectivity index is 1.32. The molecule has 0 bridgehead atoms. The Kier molecular flexibility index (Phi) is 5.83. The minimum atomic E-state index is 0.604. The highest BCUT2D eigenvalue weighted by atomic mass is 16.3. The molecule has 3 heterocycles. The second kappa shape index (κ2) is 10.00. The first-order chi connectivity index (χ1) is 21.1. The van der Waals surface area contributed by atoms with Crippen LogP contribution in [0.4, 0.5) is 0 Å². The van der Waals surface area contributed by atoms with Crippen LogP contribution in [0.5, 0.6) is 0 Å². The van der Waals surface area contributed by atoms with Gasteiger partial charge in [0, 0.05) is 45.0 Å². The van der Waals surface area contributed by atoms with Crippen molar-refractivity contribution in [1.82, 2.24) is 15.0 Å². The number of rotatable bonds is 4. The minimum Gasteiger partial charge on any atom is -0.455 e. The first-order valence-corrected chi connectivity index (χ1v) is 14.4. The molecule has 0 aliphatic carbocycles. The highest BCUT2D eigenvalue weighted by Crippen LogP contribution is 2.38. The van der Waals surface area contributed by atoms with Gasteiger partial charge in [0.25, 0.3) is 0 Å². The summed E-state index contributed by atoms with van der Waals surface area (Å²) in [6.07, 6.45) is 0. The Morgan fingerprint density at radius 2 is 1.16 bits per heavy atom. The predicted molar refractivity (Wildman–Crippen MR) is 172 cm³/mol. The summed E-state index contributed by atoms with van der Waals surface area (Å²) in [7, 11) is 2.12. The molecule has 5 heteroatoms. The van der Waals surface area contributed by atoms with E-state index in [4.69, 9.17) is 19.4 Å². The summed E-state index contributed by atoms with van der Waals surface area (Å²) < 4.78 is 8.94. The second-order valence-electron chi connectivity index (χ2n) is 10.8. The van der Waals surface area contributed by atoms with Crippen molar-refractivity contribution in [3.8, 4) is 45.4 Å². The molecule has 0 fully saturated rings. The molecule has 8 rings (SSSR count). The molecule has 0 saturated heterocycles. The molecule has 0 atom stereocenters. The zero-order chi connectivity index (χ0) is 28.9. The number of aryl methyl sites for hydroxylation is 2. The fraction of sp³-hybridized carbons (Fsp3) is 0.0526. The smallest absolute Gasteiger partial charge is 0.216 e. The lowest BCUT2D eigenvalue weighted by Gasteiger charge is -2.08. The van der Waals surface area contributed by atoms with E-state index in [1.165, 1.54) is 10.9 Å². The zero-order valence-corrected chi connectivity index (χ0v) is 23.8. The Morgan fingerprint density at radius 1 is 0.558 bits per heavy atom. The molecule has 43 heavy (non-hydrogen) atoms. The molecule has 0 spiro atoms. The fourth-order valence-corrected chi connectivity index (χ4v) is 5.93. The van der Waals surface area contributed by atoms with Crippen LogP contribution in [0.3, 0.4) is 0 Å². The Hall–Kier alpha value is -5.68. The van der Waals surface area contributed by atoms with Gasteiger partial charge in [-0.1, -0.05) is 91.0 Å². The third-order valence-corrected chi connectivity index (χ3v) is 8.14. The molecule has 0 N–H and O–H groups in total. The zero-order valence-electron chi connectivity index (χ0n) is 23.8. The van der Waals surface area contributed by atoms with Gasteiger partial charge in [0.15, 0.2) is 17.5 Å². The van der Waals surface area contributed by atoms with E-state index in [0.717, 1.165) is 55.4 Å². The first-order valence-electron chi connectivity index (χ1n) is 14.4. The van der Waals surface area contributed by atoms with Crippen molar-refractivity contribution in [3.63, 3.8) is 0 Å². The van der Waals surface area contributed by atoms with Gasteiger partial charge in [-0.3, -0.25) is 0 Å². The summed E-state index contributed by atoms with van der Waals surface area (Å²) >= 11 is 0. The molecule has 0 aliphatic rings. The van der Waals surface area contributed by atoms with Crippen LogP contribution in [-0.4, -0.2) is 15.0 Å². The van der Waals surface area contributed by atoms with E-state index >= 15 is 0 Å². The molecule has 0 aliphatic heterocycles. The number of fused-ring (bicyclic) bond motifs is 4. The van der Waals surface area contributed by atoms with Crippen LogP contribution >= 0.6 is 0 Å². The number of benzene rings is 5. The molecule has 0 unspecified atom stereocenters. The molecular formula is C38H27N4O+. The van der Waals surface area contributed by atoms with Gasteiger partial charge >= 0.3 is 0 Å². The van der Waals surface area contributed by atoms with Crippen LogP contribution < -0.4 is 4.57 Å². The van der Waals surface area contributed by atoms with Crippen molar-refractivity contribution < 1.29 is 8.98 Å². The monoisotopic (exact) mass is 555 g/mol. The van der Waals surface area contributed by atoms with Crippen LogP contribution in [0.15, 0.2) is 132 Å². The van der Waals surface area contributed by atoms with E-state index in [2.05, 4.69) is 79.2 Å². The molecule has 0 radical (unpaired) electrons. The van der Waals surface area contributed by atoms with Gasteiger partial charge < -0.3 is 4.42 Å². The average molecular weight is 556 g/mol. The van der Waals surface area contributed by atoms with E-state index in [0.29, 0.717) is 17.5 Å². The van der Waals surface area contributed by atoms with Crippen molar-refractivity contribution in [2.75, 3.05) is 0 Å². The van der Waals surface area contributed by atoms with Gasteiger partial charge in [-0.05, 0) is 36.8 Å². The number of hydrogen-bond donors (Lipinski definition) is 0. The van der Waals surface area contributed by atoms with E-state index in [1.54, 1.807) is 0 Å². The number of hydrogen-bond acceptors (Lipinski definition) is 4. The first kappa shape index (κ1) is 25.1. The molecule has 5 nitrogen and oxygen atoms in total. The number of pyridine rings is 1. The maximum atomic E-state index is 6.69. The number of para-hydroxylation sites is 1.